The first kappa shape index (κ1) is 21.7. The minimum absolute atomic E-state index is 0.0849. The molecule has 2 heterocycles. The van der Waals surface area contributed by atoms with Crippen LogP contribution in [0.5, 0.6) is 0 Å². The van der Waals surface area contributed by atoms with Crippen LogP contribution in [-0.2, 0) is 22.6 Å². The Hall–Kier alpha value is -3.55. The summed E-state index contributed by atoms with van der Waals surface area (Å²) in [6.07, 6.45) is 0.937. The molecule has 0 saturated carbocycles. The zero-order valence-electron chi connectivity index (χ0n) is 18.2. The predicted octanol–water partition coefficient (Wildman–Crippen LogP) is 2.65. The SMILES string of the molecule is Cc1nc(C)n(CC(=O)N2CC[C@](Cc3cccc(-c4ccc(F)cc4)c3)(C(N)=O)C2)n1. The van der Waals surface area contributed by atoms with E-state index in [4.69, 9.17) is 5.73 Å². The first-order valence-corrected chi connectivity index (χ1v) is 10.6. The number of carbonyl (C=O) groups excluding carboxylic acids is 2. The Morgan fingerprint density at radius 2 is 1.88 bits per heavy atom. The smallest absolute Gasteiger partial charge is 0.244 e. The molecule has 7 nitrogen and oxygen atoms in total. The molecule has 0 bridgehead atoms. The van der Waals surface area contributed by atoms with Gasteiger partial charge in [0.05, 0.1) is 5.41 Å². The second-order valence-electron chi connectivity index (χ2n) is 8.46. The molecule has 1 aliphatic heterocycles. The Kier molecular flexibility index (Phi) is 5.78. The minimum atomic E-state index is -0.829. The molecule has 1 saturated heterocycles. The molecular formula is C24H26FN5O2. The third-order valence-corrected chi connectivity index (χ3v) is 6.12. The number of amides is 2. The van der Waals surface area contributed by atoms with Crippen molar-refractivity contribution in [3.05, 3.63) is 71.6 Å². The lowest BCUT2D eigenvalue weighted by atomic mass is 9.79. The quantitative estimate of drug-likeness (QED) is 0.644. The first-order valence-electron chi connectivity index (χ1n) is 10.6. The Bertz CT molecular complexity index is 1160. The van der Waals surface area contributed by atoms with Crippen molar-refractivity contribution in [3.63, 3.8) is 0 Å². The Morgan fingerprint density at radius 1 is 1.12 bits per heavy atom. The molecule has 0 spiro atoms. The second-order valence-corrected chi connectivity index (χ2v) is 8.46. The monoisotopic (exact) mass is 435 g/mol. The van der Waals surface area contributed by atoms with Crippen LogP contribution in [0.15, 0.2) is 48.5 Å². The summed E-state index contributed by atoms with van der Waals surface area (Å²) in [5.74, 6) is 0.483. The summed E-state index contributed by atoms with van der Waals surface area (Å²) in [7, 11) is 0. The molecule has 1 atom stereocenters. The summed E-state index contributed by atoms with van der Waals surface area (Å²) < 4.78 is 14.8. The molecule has 1 aliphatic rings. The number of aryl methyl sites for hydroxylation is 2. The van der Waals surface area contributed by atoms with Gasteiger partial charge >= 0.3 is 0 Å². The highest BCUT2D eigenvalue weighted by atomic mass is 19.1. The number of carbonyl (C=O) groups is 2. The van der Waals surface area contributed by atoms with Gasteiger partial charge < -0.3 is 10.6 Å². The van der Waals surface area contributed by atoms with Gasteiger partial charge in [0, 0.05) is 13.1 Å². The van der Waals surface area contributed by atoms with Crippen LogP contribution >= 0.6 is 0 Å². The highest BCUT2D eigenvalue weighted by Crippen LogP contribution is 2.35. The summed E-state index contributed by atoms with van der Waals surface area (Å²) >= 11 is 0. The van der Waals surface area contributed by atoms with E-state index in [0.29, 0.717) is 31.0 Å². The molecule has 2 aromatic carbocycles. The van der Waals surface area contributed by atoms with Crippen molar-refractivity contribution >= 4 is 11.8 Å². The van der Waals surface area contributed by atoms with E-state index >= 15 is 0 Å². The molecule has 0 unspecified atom stereocenters. The topological polar surface area (TPSA) is 94.1 Å². The molecule has 1 aromatic heterocycles. The summed E-state index contributed by atoms with van der Waals surface area (Å²) in [5, 5.41) is 4.25. The highest BCUT2D eigenvalue weighted by Gasteiger charge is 2.44. The number of nitrogens with two attached hydrogens (primary N) is 1. The molecule has 166 valence electrons. The van der Waals surface area contributed by atoms with Crippen molar-refractivity contribution in [2.45, 2.75) is 33.2 Å². The number of benzene rings is 2. The average molecular weight is 436 g/mol. The van der Waals surface area contributed by atoms with E-state index < -0.39 is 11.3 Å². The number of likely N-dealkylation sites (tertiary alicyclic amines) is 1. The molecule has 32 heavy (non-hydrogen) atoms. The van der Waals surface area contributed by atoms with E-state index in [-0.39, 0.29) is 24.8 Å². The molecule has 2 amide bonds. The van der Waals surface area contributed by atoms with Gasteiger partial charge in [0.15, 0.2) is 0 Å². The zero-order valence-corrected chi connectivity index (χ0v) is 18.2. The maximum absolute atomic E-state index is 13.3. The molecule has 0 aliphatic carbocycles. The molecular weight excluding hydrogens is 409 g/mol. The second kappa shape index (κ2) is 8.53. The highest BCUT2D eigenvalue weighted by molar-refractivity contribution is 5.84. The van der Waals surface area contributed by atoms with Gasteiger partial charge in [-0.25, -0.2) is 14.1 Å². The molecule has 8 heteroatoms. The van der Waals surface area contributed by atoms with Crippen LogP contribution < -0.4 is 5.73 Å². The van der Waals surface area contributed by atoms with Gasteiger partial charge in [-0.3, -0.25) is 9.59 Å². The van der Waals surface area contributed by atoms with E-state index in [0.717, 1.165) is 16.7 Å². The number of hydrogen-bond donors (Lipinski definition) is 1. The largest absolute Gasteiger partial charge is 0.369 e. The van der Waals surface area contributed by atoms with Gasteiger partial charge in [0.2, 0.25) is 11.8 Å². The van der Waals surface area contributed by atoms with Crippen molar-refractivity contribution < 1.29 is 14.0 Å². The lowest BCUT2D eigenvalue weighted by Gasteiger charge is -2.26. The van der Waals surface area contributed by atoms with E-state index in [2.05, 4.69) is 10.1 Å². The van der Waals surface area contributed by atoms with Crippen LogP contribution in [0.2, 0.25) is 0 Å². The van der Waals surface area contributed by atoms with Crippen molar-refractivity contribution in [1.29, 1.82) is 0 Å². The standard InChI is InChI=1S/C24H26FN5O2/c1-16-27-17(2)30(28-16)14-22(31)29-11-10-24(15-29,23(26)32)13-18-4-3-5-20(12-18)19-6-8-21(25)9-7-19/h3-9,12H,10-11,13-15H2,1-2H3,(H2,26,32)/t24-/m1/s1. The van der Waals surface area contributed by atoms with Crippen LogP contribution in [0.1, 0.15) is 23.6 Å². The Morgan fingerprint density at radius 3 is 2.53 bits per heavy atom. The fourth-order valence-electron chi connectivity index (χ4n) is 4.35. The zero-order chi connectivity index (χ0) is 22.9. The summed E-state index contributed by atoms with van der Waals surface area (Å²) in [6, 6.07) is 14.1. The van der Waals surface area contributed by atoms with Crippen molar-refractivity contribution in [2.75, 3.05) is 13.1 Å². The van der Waals surface area contributed by atoms with E-state index in [9.17, 15) is 14.0 Å². The number of rotatable bonds is 6. The van der Waals surface area contributed by atoms with Gasteiger partial charge in [-0.1, -0.05) is 36.4 Å². The van der Waals surface area contributed by atoms with Gasteiger partial charge in [0.25, 0.3) is 0 Å². The molecule has 4 rings (SSSR count). The lowest BCUT2D eigenvalue weighted by molar-refractivity contribution is -0.132. The first-order chi connectivity index (χ1) is 15.3. The number of halogens is 1. The Balaban J connectivity index is 1.51. The van der Waals surface area contributed by atoms with E-state index in [1.54, 1.807) is 35.6 Å². The molecule has 0 radical (unpaired) electrons. The third kappa shape index (κ3) is 4.39. The Labute approximate surface area is 186 Å². The fraction of sp³-hybridized carbons (Fsp3) is 0.333. The number of hydrogen-bond acceptors (Lipinski definition) is 4. The van der Waals surface area contributed by atoms with Crippen LogP contribution in [0.4, 0.5) is 4.39 Å². The van der Waals surface area contributed by atoms with Crippen molar-refractivity contribution in [1.82, 2.24) is 19.7 Å². The van der Waals surface area contributed by atoms with E-state index in [1.807, 2.05) is 24.3 Å². The number of nitrogens with zero attached hydrogens (tertiary/aromatic N) is 4. The van der Waals surface area contributed by atoms with Crippen LogP contribution in [-0.4, -0.2) is 44.6 Å². The summed E-state index contributed by atoms with van der Waals surface area (Å²) in [6.45, 7) is 4.41. The van der Waals surface area contributed by atoms with Gasteiger partial charge in [-0.15, -0.1) is 0 Å². The third-order valence-electron chi connectivity index (χ3n) is 6.12. The van der Waals surface area contributed by atoms with Gasteiger partial charge in [-0.05, 0) is 55.5 Å². The van der Waals surface area contributed by atoms with Gasteiger partial charge in [-0.2, -0.15) is 5.10 Å². The summed E-state index contributed by atoms with van der Waals surface area (Å²) in [4.78, 5) is 31.3. The molecule has 2 N–H and O–H groups in total. The lowest BCUT2D eigenvalue weighted by Crippen LogP contribution is -2.43. The minimum Gasteiger partial charge on any atom is -0.369 e. The fourth-order valence-corrected chi connectivity index (χ4v) is 4.35. The van der Waals surface area contributed by atoms with Crippen LogP contribution in [0.3, 0.4) is 0 Å². The van der Waals surface area contributed by atoms with Gasteiger partial charge in [0.1, 0.15) is 24.0 Å². The predicted molar refractivity (Wildman–Crippen MR) is 118 cm³/mol. The van der Waals surface area contributed by atoms with Crippen molar-refractivity contribution in [3.8, 4) is 11.1 Å². The molecule has 1 fully saturated rings. The maximum Gasteiger partial charge on any atom is 0.244 e. The van der Waals surface area contributed by atoms with Crippen LogP contribution in [0.25, 0.3) is 11.1 Å². The normalized spacial score (nSPS) is 18.2. The van der Waals surface area contributed by atoms with E-state index in [1.165, 1.54) is 12.1 Å². The summed E-state index contributed by atoms with van der Waals surface area (Å²) in [5.41, 5.74) is 7.79. The number of aromatic nitrogens is 3. The molecule has 3 aromatic rings. The average Bonchev–Trinajstić information content (AvgIpc) is 3.32. The van der Waals surface area contributed by atoms with Crippen molar-refractivity contribution in [2.24, 2.45) is 11.1 Å². The maximum atomic E-state index is 13.3. The number of primary amides is 1. The van der Waals surface area contributed by atoms with Crippen LogP contribution in [0, 0.1) is 25.1 Å².